The van der Waals surface area contributed by atoms with Crippen molar-refractivity contribution in [1.29, 1.82) is 0 Å². The number of carbonyl (C=O) groups excluding carboxylic acids is 3. The number of amides is 2. The summed E-state index contributed by atoms with van der Waals surface area (Å²) in [7, 11) is 0. The fraction of sp³-hybridized carbons (Fsp3) is 0.0357. The Labute approximate surface area is 208 Å². The Morgan fingerprint density at radius 1 is 0.622 bits per heavy atom. The number of rotatable bonds is 6. The second kappa shape index (κ2) is 10.4. The van der Waals surface area contributed by atoms with Crippen LogP contribution in [0.3, 0.4) is 0 Å². The van der Waals surface area contributed by atoms with Crippen molar-refractivity contribution in [1.82, 2.24) is 0 Å². The first-order valence-corrected chi connectivity index (χ1v) is 10.9. The van der Waals surface area contributed by atoms with Crippen LogP contribution in [0.1, 0.15) is 42.2 Å². The van der Waals surface area contributed by atoms with Crippen LogP contribution in [0.2, 0.25) is 0 Å². The molecule has 37 heavy (non-hydrogen) atoms. The van der Waals surface area contributed by atoms with Gasteiger partial charge in [0.15, 0.2) is 29.1 Å². The highest BCUT2D eigenvalue weighted by Gasteiger charge is 2.23. The van der Waals surface area contributed by atoms with Crippen LogP contribution in [0.4, 0.5) is 28.9 Å². The topological polar surface area (TPSA) is 75.3 Å². The number of hydrogen-bond acceptors (Lipinski definition) is 3. The lowest BCUT2D eigenvalue weighted by Crippen LogP contribution is -2.18. The van der Waals surface area contributed by atoms with Gasteiger partial charge in [-0.3, -0.25) is 14.4 Å². The Morgan fingerprint density at radius 3 is 2.05 bits per heavy atom. The van der Waals surface area contributed by atoms with Gasteiger partial charge in [-0.05, 0) is 43.3 Å². The lowest BCUT2D eigenvalue weighted by molar-refractivity contribution is 0.101. The van der Waals surface area contributed by atoms with Gasteiger partial charge in [-0.15, -0.1) is 0 Å². The molecule has 0 heterocycles. The van der Waals surface area contributed by atoms with Gasteiger partial charge in [0.25, 0.3) is 11.8 Å². The van der Waals surface area contributed by atoms with E-state index in [1.807, 2.05) is 0 Å². The first kappa shape index (κ1) is 25.3. The molecule has 0 saturated carbocycles. The smallest absolute Gasteiger partial charge is 0.258 e. The lowest BCUT2D eigenvalue weighted by Gasteiger charge is -2.13. The Kier molecular flexibility index (Phi) is 7.15. The number of aryl methyl sites for hydroxylation is 1. The molecule has 0 aliphatic carbocycles. The normalized spacial score (nSPS) is 10.6. The minimum absolute atomic E-state index is 0.00619. The van der Waals surface area contributed by atoms with E-state index in [1.54, 1.807) is 55.5 Å². The van der Waals surface area contributed by atoms with E-state index in [1.165, 1.54) is 24.3 Å². The summed E-state index contributed by atoms with van der Waals surface area (Å²) in [5.41, 5.74) is 0.810. The van der Waals surface area contributed by atoms with E-state index in [-0.39, 0.29) is 34.4 Å². The van der Waals surface area contributed by atoms with Crippen molar-refractivity contribution in [2.45, 2.75) is 6.92 Å². The van der Waals surface area contributed by atoms with E-state index >= 15 is 0 Å². The summed E-state index contributed by atoms with van der Waals surface area (Å²) in [6.07, 6.45) is 0. The van der Waals surface area contributed by atoms with Crippen LogP contribution in [0, 0.1) is 30.2 Å². The van der Waals surface area contributed by atoms with E-state index in [0.717, 1.165) is 5.56 Å². The third-order valence-electron chi connectivity index (χ3n) is 5.43. The molecule has 0 aromatic heterocycles. The third-order valence-corrected chi connectivity index (χ3v) is 5.43. The summed E-state index contributed by atoms with van der Waals surface area (Å²) in [5, 5.41) is 4.90. The second-order valence-corrected chi connectivity index (χ2v) is 8.08. The molecule has 4 aromatic rings. The van der Waals surface area contributed by atoms with Crippen molar-refractivity contribution in [2.24, 2.45) is 0 Å². The van der Waals surface area contributed by atoms with Crippen molar-refractivity contribution >= 4 is 29.0 Å². The Morgan fingerprint density at radius 2 is 1.32 bits per heavy atom. The molecule has 4 aromatic carbocycles. The number of halogens is 4. The number of benzene rings is 4. The van der Waals surface area contributed by atoms with Gasteiger partial charge >= 0.3 is 0 Å². The molecular weight excluding hydrogens is 488 g/mol. The Hall–Kier alpha value is -4.79. The van der Waals surface area contributed by atoms with E-state index in [4.69, 9.17) is 0 Å². The first-order valence-electron chi connectivity index (χ1n) is 10.9. The highest BCUT2D eigenvalue weighted by Crippen LogP contribution is 2.24. The molecular formula is C28H18F4N2O3. The Balaban J connectivity index is 1.57. The molecule has 0 fully saturated rings. The van der Waals surface area contributed by atoms with E-state index < -0.39 is 40.6 Å². The molecule has 0 saturated heterocycles. The van der Waals surface area contributed by atoms with Gasteiger partial charge in [-0.2, -0.15) is 0 Å². The van der Waals surface area contributed by atoms with Gasteiger partial charge in [-0.25, -0.2) is 17.6 Å². The van der Waals surface area contributed by atoms with Crippen LogP contribution >= 0.6 is 0 Å². The highest BCUT2D eigenvalue weighted by atomic mass is 19.2. The molecule has 4 rings (SSSR count). The summed E-state index contributed by atoms with van der Waals surface area (Å²) in [4.78, 5) is 38.4. The summed E-state index contributed by atoms with van der Waals surface area (Å²) in [6, 6.07) is 19.2. The molecule has 0 unspecified atom stereocenters. The molecule has 0 aliphatic rings. The van der Waals surface area contributed by atoms with Crippen LogP contribution in [-0.2, 0) is 0 Å². The van der Waals surface area contributed by atoms with E-state index in [0.29, 0.717) is 5.56 Å². The van der Waals surface area contributed by atoms with Gasteiger partial charge in [0.05, 0.1) is 11.3 Å². The monoisotopic (exact) mass is 506 g/mol. The SMILES string of the molecule is Cc1ccc(NC(=O)c2cccc(NC(=O)c3cc(F)c(F)c(F)c3F)c2)c(C(=O)c2ccccc2)c1. The van der Waals surface area contributed by atoms with Crippen LogP contribution < -0.4 is 10.6 Å². The maximum absolute atomic E-state index is 14.0. The Bertz CT molecular complexity index is 1540. The van der Waals surface area contributed by atoms with Crippen molar-refractivity contribution in [2.75, 3.05) is 10.6 Å². The van der Waals surface area contributed by atoms with E-state index in [9.17, 15) is 31.9 Å². The lowest BCUT2D eigenvalue weighted by atomic mass is 9.99. The second-order valence-electron chi connectivity index (χ2n) is 8.08. The quantitative estimate of drug-likeness (QED) is 0.140. The standard InChI is InChI=1S/C28H18F4N2O3/c1-15-10-11-22(19(12-15)26(35)16-6-3-2-4-7-16)34-27(36)17-8-5-9-18(13-17)33-28(37)20-14-21(29)24(31)25(32)23(20)30/h2-14H,1H3,(H,33,37)(H,34,36). The minimum Gasteiger partial charge on any atom is -0.322 e. The molecule has 0 bridgehead atoms. The average molecular weight is 506 g/mol. The van der Waals surface area contributed by atoms with Crippen molar-refractivity contribution < 1.29 is 31.9 Å². The van der Waals surface area contributed by atoms with Crippen molar-refractivity contribution in [3.05, 3.63) is 130 Å². The molecule has 0 spiro atoms. The number of ketones is 1. The van der Waals surface area contributed by atoms with Crippen LogP contribution in [0.5, 0.6) is 0 Å². The zero-order chi connectivity index (χ0) is 26.7. The zero-order valence-electron chi connectivity index (χ0n) is 19.2. The van der Waals surface area contributed by atoms with Gasteiger partial charge < -0.3 is 10.6 Å². The van der Waals surface area contributed by atoms with Crippen molar-refractivity contribution in [3.63, 3.8) is 0 Å². The molecule has 5 nitrogen and oxygen atoms in total. The van der Waals surface area contributed by atoms with Gasteiger partial charge in [-0.1, -0.05) is 48.0 Å². The molecule has 0 aliphatic heterocycles. The van der Waals surface area contributed by atoms with Gasteiger partial charge in [0.1, 0.15) is 0 Å². The molecule has 0 radical (unpaired) electrons. The van der Waals surface area contributed by atoms with Crippen LogP contribution in [-0.4, -0.2) is 17.6 Å². The van der Waals surface area contributed by atoms with Crippen LogP contribution in [0.25, 0.3) is 0 Å². The average Bonchev–Trinajstić information content (AvgIpc) is 2.90. The number of anilines is 2. The highest BCUT2D eigenvalue weighted by molar-refractivity contribution is 6.15. The molecule has 0 atom stereocenters. The molecule has 2 amide bonds. The fourth-order valence-corrected chi connectivity index (χ4v) is 3.57. The fourth-order valence-electron chi connectivity index (χ4n) is 3.57. The largest absolute Gasteiger partial charge is 0.322 e. The maximum Gasteiger partial charge on any atom is 0.258 e. The van der Waals surface area contributed by atoms with Gasteiger partial charge in [0.2, 0.25) is 0 Å². The molecule has 186 valence electrons. The van der Waals surface area contributed by atoms with Crippen molar-refractivity contribution in [3.8, 4) is 0 Å². The van der Waals surface area contributed by atoms with E-state index in [2.05, 4.69) is 10.6 Å². The predicted octanol–water partition coefficient (Wildman–Crippen LogP) is 6.29. The zero-order valence-corrected chi connectivity index (χ0v) is 19.2. The number of hydrogen-bond donors (Lipinski definition) is 2. The first-order chi connectivity index (χ1) is 17.7. The third kappa shape index (κ3) is 5.40. The predicted molar refractivity (Wildman–Crippen MR) is 130 cm³/mol. The van der Waals surface area contributed by atoms with Gasteiger partial charge in [0, 0.05) is 22.4 Å². The maximum atomic E-state index is 14.0. The summed E-state index contributed by atoms with van der Waals surface area (Å²) >= 11 is 0. The number of nitrogens with one attached hydrogen (secondary N) is 2. The summed E-state index contributed by atoms with van der Waals surface area (Å²) in [5.74, 6) is -9.88. The van der Waals surface area contributed by atoms with Crippen LogP contribution in [0.15, 0.2) is 78.9 Å². The number of carbonyl (C=O) groups is 3. The minimum atomic E-state index is -2.11. The summed E-state index contributed by atoms with van der Waals surface area (Å²) < 4.78 is 54.1. The molecule has 9 heteroatoms. The summed E-state index contributed by atoms with van der Waals surface area (Å²) in [6.45, 7) is 1.81. The molecule has 2 N–H and O–H groups in total.